The lowest BCUT2D eigenvalue weighted by Crippen LogP contribution is -2.38. The van der Waals surface area contributed by atoms with Gasteiger partial charge in [0, 0.05) is 48.3 Å². The molecular formula is C23H22F3N7O. The van der Waals surface area contributed by atoms with Crippen LogP contribution in [-0.4, -0.2) is 43.6 Å². The molecule has 3 N–H and O–H groups in total. The van der Waals surface area contributed by atoms with E-state index in [0.29, 0.717) is 23.3 Å². The first-order valence-electron chi connectivity index (χ1n) is 10.9. The largest absolute Gasteiger partial charge is 0.419 e. The lowest BCUT2D eigenvalue weighted by Gasteiger charge is -2.24. The number of hydrogen-bond donors (Lipinski definition) is 3. The summed E-state index contributed by atoms with van der Waals surface area (Å²) in [5, 5.41) is 6.71. The third-order valence-electron chi connectivity index (χ3n) is 5.96. The number of aryl methyl sites for hydroxylation is 1. The van der Waals surface area contributed by atoms with E-state index in [1.165, 1.54) is 17.0 Å². The molecular weight excluding hydrogens is 447 g/mol. The summed E-state index contributed by atoms with van der Waals surface area (Å²) in [6, 6.07) is 5.10. The van der Waals surface area contributed by atoms with Crippen LogP contribution in [0.2, 0.25) is 0 Å². The average Bonchev–Trinajstić information content (AvgIpc) is 3.25. The Bertz CT molecular complexity index is 1400. The van der Waals surface area contributed by atoms with Crippen molar-refractivity contribution in [3.63, 3.8) is 0 Å². The molecule has 0 aromatic carbocycles. The maximum Gasteiger partial charge on any atom is 0.419 e. The molecule has 4 aromatic heterocycles. The molecule has 4 aromatic rings. The van der Waals surface area contributed by atoms with E-state index < -0.39 is 17.3 Å². The van der Waals surface area contributed by atoms with Crippen LogP contribution in [0.3, 0.4) is 0 Å². The van der Waals surface area contributed by atoms with E-state index >= 15 is 0 Å². The first kappa shape index (κ1) is 22.1. The second-order valence-electron chi connectivity index (χ2n) is 8.23. The molecule has 1 aliphatic rings. The van der Waals surface area contributed by atoms with Gasteiger partial charge in [-0.15, -0.1) is 0 Å². The minimum absolute atomic E-state index is 0.0243. The van der Waals surface area contributed by atoms with Crippen LogP contribution in [0.25, 0.3) is 27.8 Å². The number of aromatic nitrogens is 5. The summed E-state index contributed by atoms with van der Waals surface area (Å²) in [5.74, 6) is 0.116. The molecule has 0 spiro atoms. The number of aromatic amines is 1. The predicted octanol–water partition coefficient (Wildman–Crippen LogP) is 3.66. The van der Waals surface area contributed by atoms with Gasteiger partial charge in [-0.05, 0) is 44.5 Å². The van der Waals surface area contributed by atoms with Gasteiger partial charge < -0.3 is 15.6 Å². The molecule has 0 radical (unpaired) electrons. The second kappa shape index (κ2) is 8.56. The fraction of sp³-hybridized carbons (Fsp3) is 0.304. The number of piperidine rings is 1. The van der Waals surface area contributed by atoms with Gasteiger partial charge in [0.2, 0.25) is 5.95 Å². The highest BCUT2D eigenvalue weighted by atomic mass is 19.4. The van der Waals surface area contributed by atoms with Gasteiger partial charge in [0.1, 0.15) is 11.1 Å². The van der Waals surface area contributed by atoms with Crippen LogP contribution in [0.1, 0.15) is 24.1 Å². The topological polar surface area (TPSA) is 101 Å². The van der Waals surface area contributed by atoms with Crippen molar-refractivity contribution < 1.29 is 13.2 Å². The molecule has 0 amide bonds. The Morgan fingerprint density at radius 3 is 2.82 bits per heavy atom. The number of pyridine rings is 2. The van der Waals surface area contributed by atoms with Crippen LogP contribution in [0.15, 0.2) is 47.8 Å². The molecule has 1 unspecified atom stereocenters. The number of alkyl halides is 3. The van der Waals surface area contributed by atoms with Crippen LogP contribution < -0.4 is 16.2 Å². The number of anilines is 1. The van der Waals surface area contributed by atoms with Crippen molar-refractivity contribution in [2.75, 3.05) is 18.4 Å². The van der Waals surface area contributed by atoms with Crippen molar-refractivity contribution in [1.82, 2.24) is 29.8 Å². The quantitative estimate of drug-likeness (QED) is 0.422. The van der Waals surface area contributed by atoms with E-state index in [4.69, 9.17) is 0 Å². The summed E-state index contributed by atoms with van der Waals surface area (Å²) in [6.07, 6.45) is 2.50. The highest BCUT2D eigenvalue weighted by Gasteiger charge is 2.36. The van der Waals surface area contributed by atoms with Crippen molar-refractivity contribution in [2.24, 2.45) is 0 Å². The Morgan fingerprint density at radius 1 is 1.24 bits per heavy atom. The van der Waals surface area contributed by atoms with Crippen LogP contribution in [0, 0.1) is 6.92 Å². The van der Waals surface area contributed by atoms with E-state index in [0.717, 1.165) is 25.6 Å². The highest BCUT2D eigenvalue weighted by molar-refractivity contribution is 5.95. The Labute approximate surface area is 192 Å². The third-order valence-corrected chi connectivity index (χ3v) is 5.96. The maximum atomic E-state index is 13.8. The number of H-pyrrole nitrogens is 1. The van der Waals surface area contributed by atoms with Gasteiger partial charge >= 0.3 is 6.18 Å². The Kier molecular flexibility index (Phi) is 5.56. The van der Waals surface area contributed by atoms with Gasteiger partial charge in [-0.3, -0.25) is 14.3 Å². The lowest BCUT2D eigenvalue weighted by molar-refractivity contribution is -0.137. The zero-order valence-electron chi connectivity index (χ0n) is 18.3. The minimum Gasteiger partial charge on any atom is -0.356 e. The number of nitrogens with zero attached hydrogens (tertiary/aromatic N) is 4. The molecule has 8 nitrogen and oxygen atoms in total. The molecule has 5 rings (SSSR count). The van der Waals surface area contributed by atoms with Crippen molar-refractivity contribution in [1.29, 1.82) is 0 Å². The summed E-state index contributed by atoms with van der Waals surface area (Å²) < 4.78 is 43.0. The summed E-state index contributed by atoms with van der Waals surface area (Å²) in [6.45, 7) is 3.36. The van der Waals surface area contributed by atoms with Crippen LogP contribution in [0.4, 0.5) is 19.1 Å². The fourth-order valence-corrected chi connectivity index (χ4v) is 4.26. The lowest BCUT2D eigenvalue weighted by atomic mass is 10.1. The van der Waals surface area contributed by atoms with Gasteiger partial charge in [-0.1, -0.05) is 0 Å². The molecule has 1 saturated heterocycles. The third kappa shape index (κ3) is 4.03. The van der Waals surface area contributed by atoms with Crippen molar-refractivity contribution in [2.45, 2.75) is 32.0 Å². The number of nitrogens with one attached hydrogen (secondary N) is 3. The maximum absolute atomic E-state index is 13.8. The fourth-order valence-electron chi connectivity index (χ4n) is 4.26. The summed E-state index contributed by atoms with van der Waals surface area (Å²) in [7, 11) is 0. The zero-order chi connectivity index (χ0) is 23.9. The SMILES string of the molecule is Cc1ncccc1-n1ccc2c(-c3nc(NC4CCCNC4)ncc3C(F)(F)F)c[nH]c2c1=O. The minimum atomic E-state index is -4.66. The molecule has 0 saturated carbocycles. The molecule has 11 heteroatoms. The monoisotopic (exact) mass is 469 g/mol. The molecule has 1 fully saturated rings. The van der Waals surface area contributed by atoms with Crippen LogP contribution in [-0.2, 0) is 6.18 Å². The van der Waals surface area contributed by atoms with Gasteiger partial charge in [-0.2, -0.15) is 13.2 Å². The average molecular weight is 469 g/mol. The molecule has 0 bridgehead atoms. The smallest absolute Gasteiger partial charge is 0.356 e. The van der Waals surface area contributed by atoms with Gasteiger partial charge in [0.15, 0.2) is 0 Å². The molecule has 5 heterocycles. The Hall–Kier alpha value is -3.73. The van der Waals surface area contributed by atoms with Gasteiger partial charge in [0.25, 0.3) is 5.56 Å². The van der Waals surface area contributed by atoms with Gasteiger partial charge in [-0.25, -0.2) is 9.97 Å². The van der Waals surface area contributed by atoms with Crippen LogP contribution >= 0.6 is 0 Å². The number of rotatable bonds is 4. The van der Waals surface area contributed by atoms with Crippen molar-refractivity contribution in [3.05, 3.63) is 64.6 Å². The summed E-state index contributed by atoms with van der Waals surface area (Å²) in [4.78, 5) is 28.4. The first-order valence-corrected chi connectivity index (χ1v) is 10.9. The number of hydrogen-bond acceptors (Lipinski definition) is 6. The Balaban J connectivity index is 1.62. The molecule has 1 atom stereocenters. The predicted molar refractivity (Wildman–Crippen MR) is 122 cm³/mol. The van der Waals surface area contributed by atoms with E-state index in [1.54, 1.807) is 31.3 Å². The molecule has 0 aliphatic carbocycles. The van der Waals surface area contributed by atoms with Gasteiger partial charge in [0.05, 0.1) is 17.1 Å². The Morgan fingerprint density at radius 2 is 2.09 bits per heavy atom. The summed E-state index contributed by atoms with van der Waals surface area (Å²) in [5.41, 5.74) is -0.0352. The van der Waals surface area contributed by atoms with E-state index in [-0.39, 0.29) is 28.8 Å². The van der Waals surface area contributed by atoms with Crippen LogP contribution in [0.5, 0.6) is 0 Å². The molecule has 1 aliphatic heterocycles. The number of halogens is 3. The molecule has 34 heavy (non-hydrogen) atoms. The first-order chi connectivity index (χ1) is 16.3. The van der Waals surface area contributed by atoms with E-state index in [2.05, 4.69) is 30.6 Å². The second-order valence-corrected chi connectivity index (χ2v) is 8.23. The van der Waals surface area contributed by atoms with E-state index in [1.807, 2.05) is 0 Å². The van der Waals surface area contributed by atoms with Crippen molar-refractivity contribution >= 4 is 16.9 Å². The van der Waals surface area contributed by atoms with E-state index in [9.17, 15) is 18.0 Å². The normalized spacial score (nSPS) is 16.6. The standard InChI is InChI=1S/C23H22F3N7O/c1-13-18(5-3-8-28-13)33-9-6-15-16(11-29-20(15)21(33)34)19-17(23(24,25)26)12-30-22(32-19)31-14-4-2-7-27-10-14/h3,5-6,8-9,11-12,14,27,29H,2,4,7,10H2,1H3,(H,30,31,32). The number of fused-ring (bicyclic) bond motifs is 1. The highest BCUT2D eigenvalue weighted by Crippen LogP contribution is 2.38. The molecule has 176 valence electrons. The zero-order valence-corrected chi connectivity index (χ0v) is 18.3. The summed E-state index contributed by atoms with van der Waals surface area (Å²) >= 11 is 0. The van der Waals surface area contributed by atoms with Crippen molar-refractivity contribution in [3.8, 4) is 16.9 Å².